The minimum atomic E-state index is 0. The van der Waals surface area contributed by atoms with Gasteiger partial charge in [0.1, 0.15) is 0 Å². The van der Waals surface area contributed by atoms with Gasteiger partial charge in [0.05, 0.1) is 5.69 Å². The second-order valence-corrected chi connectivity index (χ2v) is 7.80. The van der Waals surface area contributed by atoms with Crippen LogP contribution in [-0.2, 0) is 18.2 Å². The van der Waals surface area contributed by atoms with Crippen molar-refractivity contribution >= 4 is 29.9 Å². The summed E-state index contributed by atoms with van der Waals surface area (Å²) in [6.07, 6.45) is 7.29. The molecule has 0 bridgehead atoms. The second kappa shape index (κ2) is 12.7. The summed E-state index contributed by atoms with van der Waals surface area (Å²) in [4.78, 5) is 4.95. The van der Waals surface area contributed by atoms with Crippen molar-refractivity contribution in [1.82, 2.24) is 20.4 Å². The maximum Gasteiger partial charge on any atom is 0.191 e. The standard InChI is InChI=1S/C21H39N5O.HI/c1-6-22-20(23-14-10-19-17(3)25-26(5)18(19)4)24-16-21(11-8-9-12-21)13-15-27-7-2;/h6-16H2,1-5H3,(H2,22,23,24);1H. The third kappa shape index (κ3) is 7.21. The molecule has 0 radical (unpaired) electrons. The Morgan fingerprint density at radius 2 is 1.93 bits per heavy atom. The van der Waals surface area contributed by atoms with E-state index in [1.807, 2.05) is 11.7 Å². The molecule has 28 heavy (non-hydrogen) atoms. The van der Waals surface area contributed by atoms with Gasteiger partial charge >= 0.3 is 0 Å². The largest absolute Gasteiger partial charge is 0.382 e. The molecule has 1 saturated carbocycles. The molecule has 2 rings (SSSR count). The first kappa shape index (κ1) is 25.2. The molecule has 1 aromatic rings. The van der Waals surface area contributed by atoms with E-state index in [0.717, 1.165) is 57.3 Å². The Kier molecular flexibility index (Phi) is 11.4. The molecule has 1 aliphatic rings. The van der Waals surface area contributed by atoms with Crippen LogP contribution in [0.3, 0.4) is 0 Å². The van der Waals surface area contributed by atoms with Gasteiger partial charge in [0.25, 0.3) is 0 Å². The summed E-state index contributed by atoms with van der Waals surface area (Å²) in [6.45, 7) is 12.7. The summed E-state index contributed by atoms with van der Waals surface area (Å²) >= 11 is 0. The molecular formula is C21H40IN5O. The van der Waals surface area contributed by atoms with Gasteiger partial charge in [0.2, 0.25) is 0 Å². The van der Waals surface area contributed by atoms with Crippen molar-refractivity contribution in [3.8, 4) is 0 Å². The first-order valence-corrected chi connectivity index (χ1v) is 10.6. The fourth-order valence-corrected chi connectivity index (χ4v) is 4.12. The molecule has 0 atom stereocenters. The van der Waals surface area contributed by atoms with Gasteiger partial charge in [-0.15, -0.1) is 24.0 Å². The van der Waals surface area contributed by atoms with Crippen LogP contribution in [0.1, 0.15) is 62.9 Å². The highest BCUT2D eigenvalue weighted by Crippen LogP contribution is 2.41. The van der Waals surface area contributed by atoms with Crippen LogP contribution in [0.4, 0.5) is 0 Å². The van der Waals surface area contributed by atoms with Crippen LogP contribution in [0, 0.1) is 19.3 Å². The van der Waals surface area contributed by atoms with E-state index < -0.39 is 0 Å². The van der Waals surface area contributed by atoms with E-state index in [1.165, 1.54) is 36.9 Å². The van der Waals surface area contributed by atoms with Crippen LogP contribution in [-0.4, -0.2) is 48.6 Å². The minimum absolute atomic E-state index is 0. The summed E-state index contributed by atoms with van der Waals surface area (Å²) in [7, 11) is 2.01. The number of guanidine groups is 1. The Balaban J connectivity index is 0.00000392. The summed E-state index contributed by atoms with van der Waals surface area (Å²) in [5.74, 6) is 0.930. The Morgan fingerprint density at radius 1 is 1.21 bits per heavy atom. The first-order chi connectivity index (χ1) is 13.0. The molecule has 0 saturated heterocycles. The maximum atomic E-state index is 5.63. The third-order valence-electron chi connectivity index (χ3n) is 5.89. The average molecular weight is 505 g/mol. The summed E-state index contributed by atoms with van der Waals surface area (Å²) in [5.41, 5.74) is 4.04. The number of nitrogens with zero attached hydrogens (tertiary/aromatic N) is 3. The van der Waals surface area contributed by atoms with Gasteiger partial charge in [-0.2, -0.15) is 5.10 Å². The smallest absolute Gasteiger partial charge is 0.191 e. The lowest BCUT2D eigenvalue weighted by atomic mass is 9.83. The van der Waals surface area contributed by atoms with Crippen molar-refractivity contribution in [2.45, 2.75) is 66.2 Å². The Bertz CT molecular complexity index is 608. The van der Waals surface area contributed by atoms with Crippen molar-refractivity contribution in [2.24, 2.45) is 17.5 Å². The molecule has 162 valence electrons. The van der Waals surface area contributed by atoms with E-state index in [1.54, 1.807) is 0 Å². The molecule has 1 fully saturated rings. The van der Waals surface area contributed by atoms with E-state index in [4.69, 9.17) is 9.73 Å². The van der Waals surface area contributed by atoms with E-state index in [0.29, 0.717) is 5.41 Å². The third-order valence-corrected chi connectivity index (χ3v) is 5.89. The highest BCUT2D eigenvalue weighted by Gasteiger charge is 2.33. The molecule has 1 aromatic heterocycles. The molecule has 1 aliphatic carbocycles. The maximum absolute atomic E-state index is 5.63. The Labute approximate surface area is 188 Å². The van der Waals surface area contributed by atoms with Gasteiger partial charge < -0.3 is 15.4 Å². The van der Waals surface area contributed by atoms with E-state index >= 15 is 0 Å². The number of aromatic nitrogens is 2. The molecule has 0 spiro atoms. The SMILES string of the molecule is CCNC(=NCC1(CCOCC)CCCC1)NCCc1c(C)nn(C)c1C.I. The highest BCUT2D eigenvalue weighted by molar-refractivity contribution is 14.0. The van der Waals surface area contributed by atoms with Crippen molar-refractivity contribution < 1.29 is 4.74 Å². The molecule has 0 aliphatic heterocycles. The number of aliphatic imine (C=N–C) groups is 1. The van der Waals surface area contributed by atoms with E-state index in [9.17, 15) is 0 Å². The van der Waals surface area contributed by atoms with Gasteiger partial charge in [0.15, 0.2) is 5.96 Å². The molecule has 0 amide bonds. The molecule has 7 heteroatoms. The number of rotatable bonds is 10. The number of nitrogens with one attached hydrogen (secondary N) is 2. The molecule has 0 unspecified atom stereocenters. The van der Waals surface area contributed by atoms with Crippen LogP contribution in [0.25, 0.3) is 0 Å². The lowest BCUT2D eigenvalue weighted by Gasteiger charge is -2.27. The normalized spacial score (nSPS) is 16.1. The predicted molar refractivity (Wildman–Crippen MR) is 128 cm³/mol. The topological polar surface area (TPSA) is 63.5 Å². The summed E-state index contributed by atoms with van der Waals surface area (Å²) in [6, 6.07) is 0. The minimum Gasteiger partial charge on any atom is -0.382 e. The zero-order chi connectivity index (χ0) is 19.7. The van der Waals surface area contributed by atoms with Crippen molar-refractivity contribution in [2.75, 3.05) is 32.8 Å². The van der Waals surface area contributed by atoms with Crippen LogP contribution in [0.15, 0.2) is 4.99 Å². The quantitative estimate of drug-likeness (QED) is 0.220. The molecule has 2 N–H and O–H groups in total. The molecule has 1 heterocycles. The summed E-state index contributed by atoms with van der Waals surface area (Å²) < 4.78 is 7.59. The summed E-state index contributed by atoms with van der Waals surface area (Å²) in [5, 5.41) is 11.4. The lowest BCUT2D eigenvalue weighted by Crippen LogP contribution is -2.39. The van der Waals surface area contributed by atoms with Gasteiger partial charge in [-0.05, 0) is 64.4 Å². The fourth-order valence-electron chi connectivity index (χ4n) is 4.12. The molecule has 0 aromatic carbocycles. The van der Waals surface area contributed by atoms with E-state index in [-0.39, 0.29) is 24.0 Å². The zero-order valence-corrected chi connectivity index (χ0v) is 20.8. The van der Waals surface area contributed by atoms with E-state index in [2.05, 4.69) is 43.4 Å². The Morgan fingerprint density at radius 3 is 2.50 bits per heavy atom. The molecular weight excluding hydrogens is 465 g/mol. The van der Waals surface area contributed by atoms with Crippen LogP contribution >= 0.6 is 24.0 Å². The van der Waals surface area contributed by atoms with Crippen LogP contribution in [0.2, 0.25) is 0 Å². The number of hydrogen-bond donors (Lipinski definition) is 2. The highest BCUT2D eigenvalue weighted by atomic mass is 127. The predicted octanol–water partition coefficient (Wildman–Crippen LogP) is 3.74. The van der Waals surface area contributed by atoms with Crippen molar-refractivity contribution in [3.05, 3.63) is 17.0 Å². The second-order valence-electron chi connectivity index (χ2n) is 7.80. The first-order valence-electron chi connectivity index (χ1n) is 10.6. The average Bonchev–Trinajstić information content (AvgIpc) is 3.20. The van der Waals surface area contributed by atoms with Crippen molar-refractivity contribution in [1.29, 1.82) is 0 Å². The fraction of sp³-hybridized carbons (Fsp3) is 0.810. The number of aryl methyl sites for hydroxylation is 2. The lowest BCUT2D eigenvalue weighted by molar-refractivity contribution is 0.107. The molecule has 6 nitrogen and oxygen atoms in total. The number of hydrogen-bond acceptors (Lipinski definition) is 3. The Hall–Kier alpha value is -0.830. The van der Waals surface area contributed by atoms with Crippen molar-refractivity contribution in [3.63, 3.8) is 0 Å². The number of ether oxygens (including phenoxy) is 1. The van der Waals surface area contributed by atoms with Gasteiger partial charge in [-0.25, -0.2) is 0 Å². The van der Waals surface area contributed by atoms with Crippen LogP contribution < -0.4 is 10.6 Å². The number of halogens is 1. The van der Waals surface area contributed by atoms with Gasteiger partial charge in [-0.3, -0.25) is 9.67 Å². The van der Waals surface area contributed by atoms with Crippen LogP contribution in [0.5, 0.6) is 0 Å². The van der Waals surface area contributed by atoms with Gasteiger partial charge in [0, 0.05) is 45.6 Å². The zero-order valence-electron chi connectivity index (χ0n) is 18.4. The van der Waals surface area contributed by atoms with Gasteiger partial charge in [-0.1, -0.05) is 12.8 Å². The monoisotopic (exact) mass is 505 g/mol.